The molecule has 162 valence electrons. The van der Waals surface area contributed by atoms with Gasteiger partial charge in [0.1, 0.15) is 5.52 Å². The molecule has 2 aromatic heterocycles. The van der Waals surface area contributed by atoms with Gasteiger partial charge in [-0.05, 0) is 30.4 Å². The lowest BCUT2D eigenvalue weighted by molar-refractivity contribution is -0.122. The fourth-order valence-corrected chi connectivity index (χ4v) is 4.42. The molecule has 1 amide bonds. The number of carbonyl (C=O) groups is 1. The van der Waals surface area contributed by atoms with Crippen LogP contribution in [0.2, 0.25) is 0 Å². The van der Waals surface area contributed by atoms with Crippen molar-refractivity contribution in [1.82, 2.24) is 25.2 Å². The molecule has 2 atom stereocenters. The van der Waals surface area contributed by atoms with E-state index in [4.69, 9.17) is 9.72 Å². The summed E-state index contributed by atoms with van der Waals surface area (Å²) in [6.07, 6.45) is 12.6. The Morgan fingerprint density at radius 3 is 2.87 bits per heavy atom. The summed E-state index contributed by atoms with van der Waals surface area (Å²) >= 11 is 0. The normalized spacial score (nSPS) is 24.6. The molecule has 4 heterocycles. The summed E-state index contributed by atoms with van der Waals surface area (Å²) in [5, 5.41) is 6.42. The molecule has 2 aliphatic heterocycles. The average molecular weight is 421 g/mol. The number of nitrogens with one attached hydrogen (secondary N) is 2. The number of aromatic nitrogens is 3. The van der Waals surface area contributed by atoms with Gasteiger partial charge in [0.15, 0.2) is 5.82 Å². The van der Waals surface area contributed by atoms with Crippen molar-refractivity contribution >= 4 is 28.3 Å². The quantitative estimate of drug-likeness (QED) is 0.764. The molecule has 0 saturated carbocycles. The lowest BCUT2D eigenvalue weighted by atomic mass is 9.98. The van der Waals surface area contributed by atoms with E-state index >= 15 is 0 Å². The average Bonchev–Trinajstić information content (AvgIpc) is 2.84. The highest BCUT2D eigenvalue weighted by Gasteiger charge is 2.22. The number of rotatable bonds is 5. The maximum Gasteiger partial charge on any atom is 0.220 e. The van der Waals surface area contributed by atoms with Crippen LogP contribution in [-0.4, -0.2) is 71.2 Å². The number of amides is 1. The first kappa shape index (κ1) is 20.1. The van der Waals surface area contributed by atoms with E-state index in [1.165, 1.54) is 0 Å². The molecule has 0 spiro atoms. The number of hydrogen-bond acceptors (Lipinski definition) is 7. The highest BCUT2D eigenvalue weighted by Crippen LogP contribution is 2.27. The number of ether oxygens (including phenoxy) is 1. The molecule has 2 aromatic rings. The van der Waals surface area contributed by atoms with Crippen molar-refractivity contribution in [2.75, 3.05) is 44.7 Å². The summed E-state index contributed by atoms with van der Waals surface area (Å²) in [7, 11) is 0. The first-order valence-corrected chi connectivity index (χ1v) is 11.1. The van der Waals surface area contributed by atoms with Gasteiger partial charge in [0.2, 0.25) is 5.91 Å². The van der Waals surface area contributed by atoms with Gasteiger partial charge in [-0.25, -0.2) is 9.97 Å². The molecule has 3 aliphatic rings. The number of carbonyl (C=O) groups excluding carboxylic acids is 1. The maximum absolute atomic E-state index is 11.4. The Hall–Kier alpha value is -2.84. The van der Waals surface area contributed by atoms with Gasteiger partial charge in [0.05, 0.1) is 24.4 Å². The topological polar surface area (TPSA) is 92.3 Å². The first-order chi connectivity index (χ1) is 15.3. The molecule has 2 saturated heterocycles. The van der Waals surface area contributed by atoms with Gasteiger partial charge in [-0.3, -0.25) is 14.7 Å². The maximum atomic E-state index is 11.4. The van der Waals surface area contributed by atoms with Crippen LogP contribution in [0, 0.1) is 5.92 Å². The van der Waals surface area contributed by atoms with E-state index in [1.54, 1.807) is 12.4 Å². The van der Waals surface area contributed by atoms with E-state index < -0.39 is 0 Å². The van der Waals surface area contributed by atoms with E-state index in [1.807, 2.05) is 6.07 Å². The van der Waals surface area contributed by atoms with Crippen LogP contribution < -0.4 is 10.6 Å². The van der Waals surface area contributed by atoms with Gasteiger partial charge in [-0.1, -0.05) is 18.2 Å². The zero-order valence-corrected chi connectivity index (χ0v) is 17.6. The van der Waals surface area contributed by atoms with Crippen LogP contribution in [0.3, 0.4) is 0 Å². The van der Waals surface area contributed by atoms with Crippen molar-refractivity contribution in [3.05, 3.63) is 42.4 Å². The van der Waals surface area contributed by atoms with Crippen molar-refractivity contribution in [3.8, 4) is 0 Å². The SMILES string of the molecule is O=C1CCC(CNc2nc(C3=CCC(N4CCOCC4)C=C3)cc3nccnc23)CN1. The molecule has 2 N–H and O–H groups in total. The van der Waals surface area contributed by atoms with Gasteiger partial charge >= 0.3 is 0 Å². The number of pyridine rings is 1. The second-order valence-electron chi connectivity index (χ2n) is 8.34. The van der Waals surface area contributed by atoms with Gasteiger partial charge in [0.25, 0.3) is 0 Å². The highest BCUT2D eigenvalue weighted by molar-refractivity contribution is 5.89. The lowest BCUT2D eigenvalue weighted by Gasteiger charge is -2.33. The van der Waals surface area contributed by atoms with Crippen LogP contribution in [-0.2, 0) is 9.53 Å². The van der Waals surface area contributed by atoms with E-state index in [2.05, 4.69) is 43.7 Å². The fraction of sp³-hybridized carbons (Fsp3) is 0.478. The molecule has 0 bridgehead atoms. The Morgan fingerprint density at radius 2 is 2.10 bits per heavy atom. The second kappa shape index (κ2) is 9.11. The highest BCUT2D eigenvalue weighted by atomic mass is 16.5. The standard InChI is InChI=1S/C23H28N6O2/c30-21-6-1-16(14-26-21)15-27-23-22-20(24-7-8-25-22)13-19(28-23)17-2-4-18(5-3-17)29-9-11-31-12-10-29/h2-4,7-8,13,16,18H,1,5-6,9-12,14-15H2,(H,26,30)(H,27,28). The zero-order valence-electron chi connectivity index (χ0n) is 17.6. The van der Waals surface area contributed by atoms with Gasteiger partial charge < -0.3 is 15.4 Å². The number of anilines is 1. The minimum Gasteiger partial charge on any atom is -0.379 e. The summed E-state index contributed by atoms with van der Waals surface area (Å²) in [5.74, 6) is 1.28. The number of piperidine rings is 1. The number of fused-ring (bicyclic) bond motifs is 1. The first-order valence-electron chi connectivity index (χ1n) is 11.1. The molecule has 2 fully saturated rings. The van der Waals surface area contributed by atoms with Crippen LogP contribution in [0.1, 0.15) is 25.0 Å². The predicted octanol–water partition coefficient (Wildman–Crippen LogP) is 2.01. The third-order valence-corrected chi connectivity index (χ3v) is 6.27. The Balaban J connectivity index is 1.34. The van der Waals surface area contributed by atoms with Gasteiger partial charge in [-0.2, -0.15) is 0 Å². The molecule has 0 radical (unpaired) electrons. The van der Waals surface area contributed by atoms with Crippen LogP contribution in [0.15, 0.2) is 36.7 Å². The monoisotopic (exact) mass is 420 g/mol. The molecule has 5 rings (SSSR count). The van der Waals surface area contributed by atoms with Crippen LogP contribution in [0.5, 0.6) is 0 Å². The van der Waals surface area contributed by atoms with Crippen molar-refractivity contribution in [2.24, 2.45) is 5.92 Å². The van der Waals surface area contributed by atoms with E-state index in [0.717, 1.165) is 73.8 Å². The summed E-state index contributed by atoms with van der Waals surface area (Å²) < 4.78 is 5.48. The Morgan fingerprint density at radius 1 is 1.23 bits per heavy atom. The van der Waals surface area contributed by atoms with Crippen molar-refractivity contribution in [1.29, 1.82) is 0 Å². The molecular formula is C23H28N6O2. The summed E-state index contributed by atoms with van der Waals surface area (Å²) in [6, 6.07) is 2.44. The summed E-state index contributed by atoms with van der Waals surface area (Å²) in [6.45, 7) is 5.04. The van der Waals surface area contributed by atoms with Gasteiger partial charge in [0, 0.05) is 51.0 Å². The molecule has 8 nitrogen and oxygen atoms in total. The molecule has 1 aliphatic carbocycles. The fourth-order valence-electron chi connectivity index (χ4n) is 4.42. The molecule has 2 unspecified atom stereocenters. The lowest BCUT2D eigenvalue weighted by Crippen LogP contribution is -2.42. The predicted molar refractivity (Wildman–Crippen MR) is 119 cm³/mol. The van der Waals surface area contributed by atoms with Crippen LogP contribution in [0.25, 0.3) is 16.6 Å². The van der Waals surface area contributed by atoms with Gasteiger partial charge in [-0.15, -0.1) is 0 Å². The Kier molecular flexibility index (Phi) is 5.90. The van der Waals surface area contributed by atoms with Crippen molar-refractivity contribution in [2.45, 2.75) is 25.3 Å². The number of morpholine rings is 1. The van der Waals surface area contributed by atoms with Crippen LogP contribution >= 0.6 is 0 Å². The molecular weight excluding hydrogens is 392 g/mol. The largest absolute Gasteiger partial charge is 0.379 e. The van der Waals surface area contributed by atoms with Crippen molar-refractivity contribution in [3.63, 3.8) is 0 Å². The van der Waals surface area contributed by atoms with Crippen molar-refractivity contribution < 1.29 is 9.53 Å². The van der Waals surface area contributed by atoms with E-state index in [9.17, 15) is 4.79 Å². The molecule has 31 heavy (non-hydrogen) atoms. The number of nitrogens with zero attached hydrogens (tertiary/aromatic N) is 4. The third-order valence-electron chi connectivity index (χ3n) is 6.27. The van der Waals surface area contributed by atoms with E-state index in [0.29, 0.717) is 24.9 Å². The van der Waals surface area contributed by atoms with Crippen LogP contribution in [0.4, 0.5) is 5.82 Å². The second-order valence-corrected chi connectivity index (χ2v) is 8.34. The number of hydrogen-bond donors (Lipinski definition) is 2. The minimum absolute atomic E-state index is 0.138. The molecule has 8 heteroatoms. The van der Waals surface area contributed by atoms with E-state index in [-0.39, 0.29) is 5.91 Å². The minimum atomic E-state index is 0.138. The Bertz CT molecular complexity index is 1000. The smallest absolute Gasteiger partial charge is 0.220 e. The zero-order chi connectivity index (χ0) is 21.0. The Labute approximate surface area is 181 Å². The molecule has 0 aromatic carbocycles. The third kappa shape index (κ3) is 4.60. The number of allylic oxidation sites excluding steroid dienone is 2. The summed E-state index contributed by atoms with van der Waals surface area (Å²) in [4.78, 5) is 27.8. The summed E-state index contributed by atoms with van der Waals surface area (Å²) in [5.41, 5.74) is 3.63.